The molecule has 2 rings (SSSR count). The van der Waals surface area contributed by atoms with Gasteiger partial charge >= 0.3 is 5.97 Å². The van der Waals surface area contributed by atoms with Crippen molar-refractivity contribution in [2.75, 3.05) is 7.11 Å². The Bertz CT molecular complexity index is 632. The molecule has 2 aromatic carbocycles. The van der Waals surface area contributed by atoms with E-state index in [0.717, 1.165) is 5.56 Å². The first-order chi connectivity index (χ1) is 10.2. The number of carbonyl (C=O) groups excluding carboxylic acids is 1. The summed E-state index contributed by atoms with van der Waals surface area (Å²) in [4.78, 5) is 11.0. The molecule has 0 radical (unpaired) electrons. The number of hydrogen-bond donors (Lipinski definition) is 1. The zero-order valence-corrected chi connectivity index (χ0v) is 11.7. The Balaban J connectivity index is 2.02. The number of phenolic OH excluding ortho intramolecular Hbond substituents is 1. The summed E-state index contributed by atoms with van der Waals surface area (Å²) in [5.41, 5.74) is 1.71. The van der Waals surface area contributed by atoms with Gasteiger partial charge in [0.1, 0.15) is 6.61 Å². The number of rotatable bonds is 5. The van der Waals surface area contributed by atoms with Crippen LogP contribution in [0.4, 0.5) is 0 Å². The minimum absolute atomic E-state index is 0.0259. The summed E-state index contributed by atoms with van der Waals surface area (Å²) in [5.74, 6) is -0.0223. The molecule has 1 N–H and O–H groups in total. The highest BCUT2D eigenvalue weighted by molar-refractivity contribution is 5.87. The van der Waals surface area contributed by atoms with Crippen LogP contribution < -0.4 is 4.74 Å². The smallest absolute Gasteiger partial charge is 0.330 e. The number of hydrogen-bond acceptors (Lipinski definition) is 4. The highest BCUT2D eigenvalue weighted by Gasteiger charge is 2.03. The van der Waals surface area contributed by atoms with Crippen LogP contribution in [0.25, 0.3) is 6.08 Å². The number of ether oxygens (including phenoxy) is 2. The topological polar surface area (TPSA) is 55.8 Å². The normalized spacial score (nSPS) is 10.5. The molecule has 0 atom stereocenters. The van der Waals surface area contributed by atoms with Crippen LogP contribution in [0.5, 0.6) is 11.5 Å². The molecule has 0 saturated carbocycles. The van der Waals surface area contributed by atoms with Gasteiger partial charge in [0.2, 0.25) is 0 Å². The largest absolute Gasteiger partial charge is 0.504 e. The van der Waals surface area contributed by atoms with Crippen molar-refractivity contribution in [1.29, 1.82) is 0 Å². The lowest BCUT2D eigenvalue weighted by molar-refractivity contribution is -0.134. The lowest BCUT2D eigenvalue weighted by Gasteiger charge is -2.08. The molecule has 4 heteroatoms. The van der Waals surface area contributed by atoms with Crippen LogP contribution in [0.2, 0.25) is 0 Å². The van der Waals surface area contributed by atoms with Gasteiger partial charge in [-0.15, -0.1) is 0 Å². The molecule has 0 fully saturated rings. The van der Waals surface area contributed by atoms with Gasteiger partial charge in [0.05, 0.1) is 7.11 Å². The zero-order chi connectivity index (χ0) is 15.1. The first-order valence-corrected chi connectivity index (χ1v) is 6.45. The van der Waals surface area contributed by atoms with E-state index in [4.69, 9.17) is 4.74 Å². The van der Waals surface area contributed by atoms with Gasteiger partial charge in [-0.3, -0.25) is 0 Å². The number of phenols is 1. The summed E-state index contributed by atoms with van der Waals surface area (Å²) in [7, 11) is 1.31. The lowest BCUT2D eigenvalue weighted by Crippen LogP contribution is -1.95. The number of benzene rings is 2. The van der Waals surface area contributed by atoms with Crippen LogP contribution in [0.15, 0.2) is 54.6 Å². The van der Waals surface area contributed by atoms with Crippen LogP contribution >= 0.6 is 0 Å². The minimum Gasteiger partial charge on any atom is -0.504 e. The zero-order valence-electron chi connectivity index (χ0n) is 11.7. The summed E-state index contributed by atoms with van der Waals surface area (Å²) in [6.45, 7) is 0.381. The molecule has 0 aliphatic rings. The van der Waals surface area contributed by atoms with Gasteiger partial charge in [-0.1, -0.05) is 36.4 Å². The molecule has 21 heavy (non-hydrogen) atoms. The van der Waals surface area contributed by atoms with Crippen LogP contribution in [0.3, 0.4) is 0 Å². The molecule has 0 bridgehead atoms. The van der Waals surface area contributed by atoms with Crippen molar-refractivity contribution in [2.24, 2.45) is 0 Å². The highest BCUT2D eigenvalue weighted by atomic mass is 16.5. The predicted octanol–water partition coefficient (Wildman–Crippen LogP) is 3.16. The Labute approximate surface area is 123 Å². The molecular formula is C17H16O4. The number of aromatic hydroxyl groups is 1. The summed E-state index contributed by atoms with van der Waals surface area (Å²) in [5, 5.41) is 9.92. The standard InChI is InChI=1S/C17H16O4/c1-20-17(19)10-8-13-7-9-16(15(18)11-13)21-12-14-5-3-2-4-6-14/h2-11,18H,12H2,1H3. The van der Waals surface area contributed by atoms with Crippen LogP contribution in [-0.4, -0.2) is 18.2 Å². The fourth-order valence-electron chi connectivity index (χ4n) is 1.73. The van der Waals surface area contributed by atoms with Gasteiger partial charge in [-0.25, -0.2) is 4.79 Å². The van der Waals surface area contributed by atoms with E-state index >= 15 is 0 Å². The lowest BCUT2D eigenvalue weighted by atomic mass is 10.2. The Hall–Kier alpha value is -2.75. The third-order valence-corrected chi connectivity index (χ3v) is 2.83. The van der Waals surface area contributed by atoms with E-state index in [2.05, 4.69) is 4.74 Å². The summed E-state index contributed by atoms with van der Waals surface area (Å²) in [6, 6.07) is 14.6. The molecular weight excluding hydrogens is 268 g/mol. The van der Waals surface area contributed by atoms with Crippen molar-refractivity contribution < 1.29 is 19.4 Å². The monoisotopic (exact) mass is 284 g/mol. The number of carbonyl (C=O) groups is 1. The second kappa shape index (κ2) is 7.14. The van der Waals surface area contributed by atoms with Gasteiger partial charge in [0.25, 0.3) is 0 Å². The molecule has 0 aliphatic heterocycles. The minimum atomic E-state index is -0.445. The Morgan fingerprint density at radius 1 is 1.19 bits per heavy atom. The average Bonchev–Trinajstić information content (AvgIpc) is 2.52. The van der Waals surface area contributed by atoms with E-state index in [1.54, 1.807) is 18.2 Å². The Morgan fingerprint density at radius 3 is 2.62 bits per heavy atom. The van der Waals surface area contributed by atoms with E-state index < -0.39 is 5.97 Å². The fourth-order valence-corrected chi connectivity index (χ4v) is 1.73. The Morgan fingerprint density at radius 2 is 1.95 bits per heavy atom. The molecule has 4 nitrogen and oxygen atoms in total. The quantitative estimate of drug-likeness (QED) is 0.677. The SMILES string of the molecule is COC(=O)C=Cc1ccc(OCc2ccccc2)c(O)c1. The maximum absolute atomic E-state index is 11.0. The van der Waals surface area contributed by atoms with E-state index in [1.807, 2.05) is 30.3 Å². The maximum Gasteiger partial charge on any atom is 0.330 e. The molecule has 0 aliphatic carbocycles. The third-order valence-electron chi connectivity index (χ3n) is 2.83. The molecule has 0 saturated heterocycles. The molecule has 108 valence electrons. The molecule has 0 amide bonds. The van der Waals surface area contributed by atoms with Gasteiger partial charge in [-0.05, 0) is 29.3 Å². The summed E-state index contributed by atoms with van der Waals surface area (Å²) in [6.07, 6.45) is 2.85. The first-order valence-electron chi connectivity index (χ1n) is 6.45. The van der Waals surface area contributed by atoms with E-state index in [-0.39, 0.29) is 5.75 Å². The Kier molecular flexibility index (Phi) is 4.99. The molecule has 0 aromatic heterocycles. The fraction of sp³-hybridized carbons (Fsp3) is 0.118. The third kappa shape index (κ3) is 4.38. The van der Waals surface area contributed by atoms with E-state index in [9.17, 15) is 9.90 Å². The van der Waals surface area contributed by atoms with Gasteiger partial charge in [-0.2, -0.15) is 0 Å². The second-order valence-corrected chi connectivity index (χ2v) is 4.36. The second-order valence-electron chi connectivity index (χ2n) is 4.36. The molecule has 0 unspecified atom stereocenters. The van der Waals surface area contributed by atoms with Crippen LogP contribution in [0, 0.1) is 0 Å². The predicted molar refractivity (Wildman–Crippen MR) is 79.9 cm³/mol. The number of esters is 1. The average molecular weight is 284 g/mol. The van der Waals surface area contributed by atoms with Gasteiger partial charge in [0, 0.05) is 6.08 Å². The highest BCUT2D eigenvalue weighted by Crippen LogP contribution is 2.28. The van der Waals surface area contributed by atoms with Crippen molar-refractivity contribution in [2.45, 2.75) is 6.61 Å². The summed E-state index contributed by atoms with van der Waals surface area (Å²) < 4.78 is 10.1. The van der Waals surface area contributed by atoms with Crippen LogP contribution in [-0.2, 0) is 16.1 Å². The molecule has 0 heterocycles. The van der Waals surface area contributed by atoms with Crippen molar-refractivity contribution in [3.05, 3.63) is 65.7 Å². The van der Waals surface area contributed by atoms with Crippen molar-refractivity contribution in [1.82, 2.24) is 0 Å². The first kappa shape index (κ1) is 14.7. The van der Waals surface area contributed by atoms with Crippen molar-refractivity contribution in [3.8, 4) is 11.5 Å². The van der Waals surface area contributed by atoms with E-state index in [1.165, 1.54) is 19.3 Å². The van der Waals surface area contributed by atoms with Crippen molar-refractivity contribution >= 4 is 12.0 Å². The molecule has 0 spiro atoms. The summed E-state index contributed by atoms with van der Waals surface area (Å²) >= 11 is 0. The van der Waals surface area contributed by atoms with Crippen molar-refractivity contribution in [3.63, 3.8) is 0 Å². The van der Waals surface area contributed by atoms with Gasteiger partial charge in [0.15, 0.2) is 11.5 Å². The number of methoxy groups -OCH3 is 1. The van der Waals surface area contributed by atoms with E-state index in [0.29, 0.717) is 17.9 Å². The van der Waals surface area contributed by atoms with Gasteiger partial charge < -0.3 is 14.6 Å². The maximum atomic E-state index is 11.0. The molecule has 2 aromatic rings. The van der Waals surface area contributed by atoms with Crippen LogP contribution in [0.1, 0.15) is 11.1 Å².